The van der Waals surface area contributed by atoms with Crippen LogP contribution in [0.15, 0.2) is 103 Å². The number of aliphatic hydroxyl groups is 1. The third kappa shape index (κ3) is 6.17. The topological polar surface area (TPSA) is 119 Å². The smallest absolute Gasteiger partial charge is 0.274 e. The molecule has 0 saturated carbocycles. The van der Waals surface area contributed by atoms with Crippen LogP contribution in [-0.2, 0) is 31.2 Å². The molecule has 4 aromatic carbocycles. The molecule has 44 heavy (non-hydrogen) atoms. The van der Waals surface area contributed by atoms with Crippen LogP contribution < -0.4 is 9.47 Å². The van der Waals surface area contributed by atoms with Crippen molar-refractivity contribution in [3.05, 3.63) is 135 Å². The molecule has 0 aromatic heterocycles. The number of hydrogen-bond donors (Lipinski definition) is 1. The Labute approximate surface area is 255 Å². The fourth-order valence-corrected chi connectivity index (χ4v) is 5.46. The lowest BCUT2D eigenvalue weighted by Gasteiger charge is -2.39. The molecule has 10 nitrogen and oxygen atoms in total. The van der Waals surface area contributed by atoms with Gasteiger partial charge in [-0.1, -0.05) is 66.7 Å². The second-order valence-corrected chi connectivity index (χ2v) is 10.3. The highest BCUT2D eigenvalue weighted by molar-refractivity contribution is 5.49. The van der Waals surface area contributed by atoms with E-state index in [0.29, 0.717) is 17.1 Å². The largest absolute Gasteiger partial charge is 0.497 e. The number of benzene rings is 4. The number of ether oxygens (including phenoxy) is 6. The van der Waals surface area contributed by atoms with Crippen LogP contribution in [-0.4, -0.2) is 56.1 Å². The van der Waals surface area contributed by atoms with Crippen molar-refractivity contribution in [2.24, 2.45) is 0 Å². The summed E-state index contributed by atoms with van der Waals surface area (Å²) in [5.41, 5.74) is 1.61. The fraction of sp³-hybridized carbons (Fsp3) is 0.294. The van der Waals surface area contributed by atoms with Gasteiger partial charge in [-0.3, -0.25) is 10.1 Å². The van der Waals surface area contributed by atoms with Gasteiger partial charge in [-0.05, 0) is 47.0 Å². The van der Waals surface area contributed by atoms with Crippen LogP contribution in [0.4, 0.5) is 5.69 Å². The van der Waals surface area contributed by atoms with E-state index in [1.54, 1.807) is 32.4 Å². The first kappa shape index (κ1) is 31.1. The Hall–Kier alpha value is -4.32. The molecular formula is C34H35NO9. The quantitative estimate of drug-likeness (QED) is 0.119. The number of rotatable bonds is 13. The third-order valence-electron chi connectivity index (χ3n) is 7.88. The number of nitro groups is 1. The second-order valence-electron chi connectivity index (χ2n) is 10.3. The SMILES string of the molecule is COc1ccc(C(OC[C@@]2(OC)O[C@@H](OCc3ccccc3[N+](=O)[O-])C[C@@H]2O)(c2ccccc2)c2ccc(OC)cc2)cc1. The van der Waals surface area contributed by atoms with E-state index >= 15 is 0 Å². The van der Waals surface area contributed by atoms with Crippen LogP contribution in [0.25, 0.3) is 0 Å². The second kappa shape index (κ2) is 13.5. The number of nitro benzene ring substituents is 1. The van der Waals surface area contributed by atoms with Crippen molar-refractivity contribution in [2.75, 3.05) is 27.9 Å². The van der Waals surface area contributed by atoms with E-state index in [9.17, 15) is 15.2 Å². The van der Waals surface area contributed by atoms with Crippen molar-refractivity contribution in [3.8, 4) is 11.5 Å². The van der Waals surface area contributed by atoms with Crippen molar-refractivity contribution >= 4 is 5.69 Å². The molecule has 0 radical (unpaired) electrons. The van der Waals surface area contributed by atoms with Crippen LogP contribution in [0.5, 0.6) is 11.5 Å². The zero-order valence-electron chi connectivity index (χ0n) is 24.8. The van der Waals surface area contributed by atoms with E-state index in [4.69, 9.17) is 28.4 Å². The summed E-state index contributed by atoms with van der Waals surface area (Å²) in [5.74, 6) is -0.217. The number of methoxy groups -OCH3 is 3. The van der Waals surface area contributed by atoms with E-state index in [1.165, 1.54) is 13.2 Å². The lowest BCUT2D eigenvalue weighted by atomic mass is 9.80. The zero-order chi connectivity index (χ0) is 31.2. The van der Waals surface area contributed by atoms with Gasteiger partial charge in [0.1, 0.15) is 29.8 Å². The van der Waals surface area contributed by atoms with Gasteiger partial charge in [-0.25, -0.2) is 0 Å². The molecule has 4 aromatic rings. The van der Waals surface area contributed by atoms with E-state index in [1.807, 2.05) is 78.9 Å². The summed E-state index contributed by atoms with van der Waals surface area (Å²) in [6.45, 7) is -0.274. The summed E-state index contributed by atoms with van der Waals surface area (Å²) in [5, 5.41) is 22.7. The number of aliphatic hydroxyl groups excluding tert-OH is 1. The Morgan fingerprint density at radius 1 is 0.841 bits per heavy atom. The molecule has 0 bridgehead atoms. The fourth-order valence-electron chi connectivity index (χ4n) is 5.46. The van der Waals surface area contributed by atoms with Gasteiger partial charge in [-0.2, -0.15) is 0 Å². The highest BCUT2D eigenvalue weighted by Crippen LogP contribution is 2.44. The minimum Gasteiger partial charge on any atom is -0.497 e. The van der Waals surface area contributed by atoms with Crippen molar-refractivity contribution in [2.45, 2.75) is 36.8 Å². The number of hydrogen-bond acceptors (Lipinski definition) is 9. The molecule has 0 aliphatic carbocycles. The maximum Gasteiger partial charge on any atom is 0.274 e. The first-order valence-electron chi connectivity index (χ1n) is 14.1. The summed E-state index contributed by atoms with van der Waals surface area (Å²) in [4.78, 5) is 11.0. The van der Waals surface area contributed by atoms with Crippen LogP contribution >= 0.6 is 0 Å². The van der Waals surface area contributed by atoms with Gasteiger partial charge in [0, 0.05) is 19.6 Å². The molecule has 1 aliphatic heterocycles. The first-order chi connectivity index (χ1) is 21.3. The van der Waals surface area contributed by atoms with Gasteiger partial charge in [0.2, 0.25) is 5.79 Å². The van der Waals surface area contributed by atoms with E-state index in [-0.39, 0.29) is 25.3 Å². The van der Waals surface area contributed by atoms with Crippen molar-refractivity contribution in [1.82, 2.24) is 0 Å². The van der Waals surface area contributed by atoms with Crippen LogP contribution in [0.1, 0.15) is 28.7 Å². The summed E-state index contributed by atoms with van der Waals surface area (Å²) >= 11 is 0. The summed E-state index contributed by atoms with van der Waals surface area (Å²) in [6.07, 6.45) is -1.95. The van der Waals surface area contributed by atoms with E-state index in [2.05, 4.69) is 0 Å². The van der Waals surface area contributed by atoms with Crippen molar-refractivity contribution < 1.29 is 38.5 Å². The molecule has 3 atom stereocenters. The maximum atomic E-state index is 11.4. The van der Waals surface area contributed by atoms with Gasteiger partial charge < -0.3 is 33.5 Å². The number of nitrogens with zero attached hydrogens (tertiary/aromatic N) is 1. The highest BCUT2D eigenvalue weighted by atomic mass is 16.8. The molecule has 0 spiro atoms. The van der Waals surface area contributed by atoms with Gasteiger partial charge in [0.05, 0.1) is 31.3 Å². The van der Waals surface area contributed by atoms with Gasteiger partial charge in [-0.15, -0.1) is 0 Å². The Balaban J connectivity index is 1.48. The lowest BCUT2D eigenvalue weighted by Crippen LogP contribution is -2.49. The van der Waals surface area contributed by atoms with E-state index < -0.39 is 28.7 Å². The predicted molar refractivity (Wildman–Crippen MR) is 161 cm³/mol. The van der Waals surface area contributed by atoms with Crippen LogP contribution in [0.3, 0.4) is 0 Å². The molecule has 0 amide bonds. The normalized spacial score (nSPS) is 19.9. The molecule has 1 saturated heterocycles. The predicted octanol–water partition coefficient (Wildman–Crippen LogP) is 5.59. The van der Waals surface area contributed by atoms with Gasteiger partial charge in [0.15, 0.2) is 6.29 Å². The average Bonchev–Trinajstić information content (AvgIpc) is 3.40. The molecule has 1 heterocycles. The van der Waals surface area contributed by atoms with Gasteiger partial charge in [0.25, 0.3) is 5.69 Å². The zero-order valence-corrected chi connectivity index (χ0v) is 24.8. The molecule has 230 valence electrons. The first-order valence-corrected chi connectivity index (χ1v) is 14.1. The summed E-state index contributed by atoms with van der Waals surface area (Å²) in [6, 6.07) is 31.2. The Morgan fingerprint density at radius 2 is 1.39 bits per heavy atom. The Morgan fingerprint density at radius 3 is 1.93 bits per heavy atom. The maximum absolute atomic E-state index is 11.4. The molecule has 1 N–H and O–H groups in total. The van der Waals surface area contributed by atoms with Crippen molar-refractivity contribution in [1.29, 1.82) is 0 Å². The monoisotopic (exact) mass is 601 g/mol. The molecule has 1 fully saturated rings. The van der Waals surface area contributed by atoms with Crippen LogP contribution in [0.2, 0.25) is 0 Å². The molecule has 10 heteroatoms. The Bertz CT molecular complexity index is 1480. The minimum absolute atomic E-state index is 0.0565. The molecule has 0 unspecified atom stereocenters. The average molecular weight is 602 g/mol. The minimum atomic E-state index is -1.59. The molecule has 1 aliphatic rings. The van der Waals surface area contributed by atoms with E-state index in [0.717, 1.165) is 16.7 Å². The third-order valence-corrected chi connectivity index (χ3v) is 7.88. The summed E-state index contributed by atoms with van der Waals surface area (Å²) in [7, 11) is 4.64. The Kier molecular flexibility index (Phi) is 9.58. The highest BCUT2D eigenvalue weighted by Gasteiger charge is 2.52. The van der Waals surface area contributed by atoms with Crippen molar-refractivity contribution in [3.63, 3.8) is 0 Å². The number of para-hydroxylation sites is 1. The molecular weight excluding hydrogens is 566 g/mol. The standard InChI is InChI=1S/C34H35NO9/c1-39-28-17-13-26(14-18-28)34(25-10-5-4-6-11-25,27-15-19-29(40-2)20-16-27)43-23-33(41-3)31(36)21-32(44-33)42-22-24-9-7-8-12-30(24)35(37)38/h4-20,31-32,36H,21-23H2,1-3H3/t31-,32+,33+/m0/s1. The van der Waals surface area contributed by atoms with Crippen LogP contribution in [0, 0.1) is 10.1 Å². The molecule has 5 rings (SSSR count). The van der Waals surface area contributed by atoms with Gasteiger partial charge >= 0.3 is 0 Å². The summed E-state index contributed by atoms with van der Waals surface area (Å²) < 4.78 is 35.6. The lowest BCUT2D eigenvalue weighted by molar-refractivity contribution is -0.386.